The second-order valence-corrected chi connectivity index (χ2v) is 7.31. The number of anilines is 2. The van der Waals surface area contributed by atoms with Crippen molar-refractivity contribution in [3.05, 3.63) is 95.2 Å². The first-order valence-corrected chi connectivity index (χ1v) is 9.21. The fourth-order valence-corrected chi connectivity index (χ4v) is 4.10. The van der Waals surface area contributed by atoms with E-state index < -0.39 is 22.0 Å². The van der Waals surface area contributed by atoms with Crippen LogP contribution in [0, 0.1) is 6.92 Å². The summed E-state index contributed by atoms with van der Waals surface area (Å²) in [5.41, 5.74) is 11.0. The fourth-order valence-electron chi connectivity index (χ4n) is 4.10. The van der Waals surface area contributed by atoms with Gasteiger partial charge >= 0.3 is 0 Å². The predicted octanol–water partition coefficient (Wildman–Crippen LogP) is 1.73. The second-order valence-electron chi connectivity index (χ2n) is 7.31. The van der Waals surface area contributed by atoms with Gasteiger partial charge in [-0.05, 0) is 19.1 Å². The minimum atomic E-state index is -0.676. The average molecular weight is 397 g/mol. The van der Waals surface area contributed by atoms with Gasteiger partial charge in [0, 0.05) is 10.8 Å². The van der Waals surface area contributed by atoms with Crippen molar-refractivity contribution in [1.29, 1.82) is 0 Å². The number of nitrogen functional groups attached to an aromatic ring is 2. The Morgan fingerprint density at radius 2 is 1.07 bits per heavy atom. The third-order valence-corrected chi connectivity index (χ3v) is 5.57. The van der Waals surface area contributed by atoms with Crippen LogP contribution >= 0.6 is 0 Å². The summed E-state index contributed by atoms with van der Waals surface area (Å²) in [7, 11) is 0. The van der Waals surface area contributed by atoms with Crippen LogP contribution in [0.1, 0.15) is 5.56 Å². The zero-order valence-electron chi connectivity index (χ0n) is 15.9. The van der Waals surface area contributed by atoms with Gasteiger partial charge in [0.1, 0.15) is 0 Å². The maximum atomic E-state index is 13.2. The minimum Gasteiger partial charge on any atom is -0.397 e. The number of aromatic nitrogens is 1. The first-order valence-electron chi connectivity index (χ1n) is 9.21. The first kappa shape index (κ1) is 17.8. The number of rotatable bonds is 1. The van der Waals surface area contributed by atoms with Gasteiger partial charge in [0.2, 0.25) is 0 Å². The van der Waals surface area contributed by atoms with Gasteiger partial charge in [-0.2, -0.15) is 0 Å². The van der Waals surface area contributed by atoms with E-state index in [-0.39, 0.29) is 43.7 Å². The Balaban J connectivity index is 2.09. The average Bonchev–Trinajstić information content (AvgIpc) is 3.00. The molecule has 1 aromatic heterocycles. The van der Waals surface area contributed by atoms with Gasteiger partial charge in [-0.25, -0.2) is 4.57 Å². The van der Waals surface area contributed by atoms with E-state index in [9.17, 15) is 19.2 Å². The van der Waals surface area contributed by atoms with Crippen molar-refractivity contribution in [1.82, 2.24) is 4.57 Å². The highest BCUT2D eigenvalue weighted by Crippen LogP contribution is 2.31. The summed E-state index contributed by atoms with van der Waals surface area (Å²) in [4.78, 5) is 52.5. The maximum absolute atomic E-state index is 13.2. The van der Waals surface area contributed by atoms with Crippen LogP contribution in [0.4, 0.5) is 11.4 Å². The topological polar surface area (TPSA) is 125 Å². The molecule has 4 N–H and O–H groups in total. The minimum absolute atomic E-state index is 0.123. The number of hydrogen-bond donors (Lipinski definition) is 2. The molecule has 0 spiro atoms. The lowest BCUT2D eigenvalue weighted by Gasteiger charge is -2.07. The van der Waals surface area contributed by atoms with Crippen molar-refractivity contribution in [3.63, 3.8) is 0 Å². The molecule has 5 rings (SSSR count). The Kier molecular flexibility index (Phi) is 3.48. The number of nitrogens with two attached hydrogens (primary N) is 2. The Hall–Kier alpha value is -4.26. The molecule has 0 aliphatic carbocycles. The monoisotopic (exact) mass is 397 g/mol. The lowest BCUT2D eigenvalue weighted by molar-refractivity contribution is 0.990. The molecule has 0 radical (unpaired) electrons. The van der Waals surface area contributed by atoms with E-state index in [4.69, 9.17) is 11.5 Å². The predicted molar refractivity (Wildman–Crippen MR) is 119 cm³/mol. The van der Waals surface area contributed by atoms with Gasteiger partial charge in [-0.1, -0.05) is 42.0 Å². The molecule has 0 unspecified atom stereocenters. The summed E-state index contributed by atoms with van der Waals surface area (Å²) in [5.74, 6) is 0. The number of benzene rings is 4. The number of hydrogen-bond acceptors (Lipinski definition) is 6. The highest BCUT2D eigenvalue weighted by Gasteiger charge is 2.25. The van der Waals surface area contributed by atoms with E-state index in [1.807, 2.05) is 6.92 Å². The lowest BCUT2D eigenvalue weighted by Crippen LogP contribution is -2.23. The van der Waals surface area contributed by atoms with E-state index in [2.05, 4.69) is 0 Å². The maximum Gasteiger partial charge on any atom is 0.268 e. The Labute approximate surface area is 168 Å². The van der Waals surface area contributed by atoms with E-state index in [1.165, 1.54) is 12.1 Å². The molecule has 0 bridgehead atoms. The molecule has 1 heterocycles. The third kappa shape index (κ3) is 2.08. The summed E-state index contributed by atoms with van der Waals surface area (Å²) in [6, 6.07) is 13.1. The van der Waals surface area contributed by atoms with Crippen molar-refractivity contribution >= 4 is 43.7 Å². The van der Waals surface area contributed by atoms with Gasteiger partial charge in [0.25, 0.3) is 11.1 Å². The molecule has 0 saturated heterocycles. The summed E-state index contributed by atoms with van der Waals surface area (Å²) in [6.45, 7) is 1.88. The summed E-state index contributed by atoms with van der Waals surface area (Å²) < 4.78 is 0.963. The van der Waals surface area contributed by atoms with E-state index >= 15 is 0 Å². The molecule has 0 atom stereocenters. The molecule has 5 aromatic rings. The van der Waals surface area contributed by atoms with Crippen molar-refractivity contribution in [3.8, 4) is 5.69 Å². The van der Waals surface area contributed by atoms with Crippen LogP contribution < -0.4 is 33.4 Å². The molecule has 30 heavy (non-hydrogen) atoms. The number of fused-ring (bicyclic) bond motifs is 3. The van der Waals surface area contributed by atoms with Crippen molar-refractivity contribution in [2.45, 2.75) is 6.92 Å². The molecule has 0 fully saturated rings. The van der Waals surface area contributed by atoms with Gasteiger partial charge in [0.15, 0.2) is 10.9 Å². The van der Waals surface area contributed by atoms with E-state index in [0.29, 0.717) is 5.69 Å². The highest BCUT2D eigenvalue weighted by molar-refractivity contribution is 6.20. The molecule has 0 saturated carbocycles. The van der Waals surface area contributed by atoms with Gasteiger partial charge in [-0.3, -0.25) is 19.2 Å². The van der Waals surface area contributed by atoms with Crippen molar-refractivity contribution < 1.29 is 0 Å². The normalized spacial score (nSPS) is 11.6. The zero-order chi connectivity index (χ0) is 21.3. The first-order chi connectivity index (χ1) is 14.3. The van der Waals surface area contributed by atoms with Crippen LogP contribution in [-0.2, 0) is 0 Å². The molecule has 0 amide bonds. The Morgan fingerprint density at radius 3 is 1.50 bits per heavy atom. The Bertz CT molecular complexity index is 1630. The zero-order valence-corrected chi connectivity index (χ0v) is 15.9. The molecule has 7 heteroatoms. The summed E-state index contributed by atoms with van der Waals surface area (Å²) >= 11 is 0. The van der Waals surface area contributed by atoms with E-state index in [0.717, 1.165) is 10.1 Å². The fraction of sp³-hybridized carbons (Fsp3) is 0.0435. The molecule has 146 valence electrons. The molecular weight excluding hydrogens is 382 g/mol. The van der Waals surface area contributed by atoms with Gasteiger partial charge in [0.05, 0.1) is 38.6 Å². The smallest absolute Gasteiger partial charge is 0.268 e. The molecular formula is C23H15N3O4. The van der Waals surface area contributed by atoms with Crippen LogP contribution in [0.25, 0.3) is 38.0 Å². The molecule has 0 aliphatic rings. The molecule has 7 nitrogen and oxygen atoms in total. The lowest BCUT2D eigenvalue weighted by atomic mass is 9.97. The van der Waals surface area contributed by atoms with Crippen LogP contribution in [0.15, 0.2) is 67.7 Å². The van der Waals surface area contributed by atoms with Crippen molar-refractivity contribution in [2.75, 3.05) is 11.5 Å². The van der Waals surface area contributed by atoms with E-state index in [1.54, 1.807) is 36.4 Å². The number of aryl methyl sites for hydroxylation is 1. The van der Waals surface area contributed by atoms with Gasteiger partial charge in [-0.15, -0.1) is 0 Å². The summed E-state index contributed by atoms with van der Waals surface area (Å²) in [6.07, 6.45) is 0. The number of nitrogens with zero attached hydrogens (tertiary/aromatic N) is 1. The van der Waals surface area contributed by atoms with Crippen LogP contribution in [0.3, 0.4) is 0 Å². The molecule has 0 aliphatic heterocycles. The Morgan fingerprint density at radius 1 is 0.633 bits per heavy atom. The van der Waals surface area contributed by atoms with Gasteiger partial charge < -0.3 is 11.5 Å². The largest absolute Gasteiger partial charge is 0.397 e. The van der Waals surface area contributed by atoms with Crippen LogP contribution in [0.2, 0.25) is 0 Å². The SMILES string of the molecule is Cc1ccc(-n2c(=O)c3c(N)c4c(=O)c5ccccc5c(=O)c4c(N)c3c2=O)cc1. The molecule has 4 aromatic carbocycles. The highest BCUT2D eigenvalue weighted by atomic mass is 16.2. The standard InChI is InChI=1S/C23H15N3O4/c1-10-6-8-11(9-7-10)26-22(29)16-17(23(26)30)19(25)15-14(18(16)24)20(27)12-4-2-3-5-13(12)21(15)28/h2-9H,24-25H2,1H3. The van der Waals surface area contributed by atoms with Crippen LogP contribution in [0.5, 0.6) is 0 Å². The summed E-state index contributed by atoms with van der Waals surface area (Å²) in [5, 5.41) is -0.153. The van der Waals surface area contributed by atoms with Crippen LogP contribution in [-0.4, -0.2) is 4.57 Å². The third-order valence-electron chi connectivity index (χ3n) is 5.57. The quantitative estimate of drug-likeness (QED) is 0.252. The second kappa shape index (κ2) is 5.87. The van der Waals surface area contributed by atoms with Crippen molar-refractivity contribution in [2.24, 2.45) is 0 Å².